The number of oxazole rings is 1. The molecule has 1 heterocycles. The molecule has 0 bridgehead atoms. The normalized spacial score (nSPS) is 10.8. The molecule has 0 aliphatic heterocycles. The fourth-order valence-electron chi connectivity index (χ4n) is 1.17. The highest BCUT2D eigenvalue weighted by atomic mass is 16.5. The van der Waals surface area contributed by atoms with Crippen molar-refractivity contribution >= 4 is 22.5 Å². The van der Waals surface area contributed by atoms with Crippen LogP contribution in [0.4, 0.5) is 11.4 Å². The quantitative estimate of drug-likeness (QED) is 0.228. The van der Waals surface area contributed by atoms with Crippen molar-refractivity contribution in [3.63, 3.8) is 0 Å². The molecule has 68 valence electrons. The van der Waals surface area contributed by atoms with Crippen molar-refractivity contribution in [3.05, 3.63) is 17.7 Å². The summed E-state index contributed by atoms with van der Waals surface area (Å²) in [6.07, 6.45) is 0.927. The van der Waals surface area contributed by atoms with E-state index in [0.29, 0.717) is 4.73 Å². The maximum atomic E-state index is 11.1. The molecule has 0 saturated heterocycles. The summed E-state index contributed by atoms with van der Waals surface area (Å²) in [5.74, 6) is -0.226. The van der Waals surface area contributed by atoms with Gasteiger partial charge in [0.15, 0.2) is 5.69 Å². The molecule has 0 radical (unpaired) electrons. The molecule has 2 aromatic rings. The molecule has 0 atom stereocenters. The Hall–Kier alpha value is -2.11. The van der Waals surface area contributed by atoms with Crippen LogP contribution in [0.1, 0.15) is 0 Å². The molecule has 0 aliphatic carbocycles. The Morgan fingerprint density at radius 2 is 2.15 bits per heavy atom. The fourth-order valence-corrected chi connectivity index (χ4v) is 1.17. The van der Waals surface area contributed by atoms with E-state index in [1.54, 1.807) is 0 Å². The first kappa shape index (κ1) is 7.53. The summed E-state index contributed by atoms with van der Waals surface area (Å²) in [5.41, 5.74) is 11.3. The number of nitrogen functional groups attached to an aromatic ring is 2. The SMILES string of the molecule is Nc1cc(O)c(N)c2c1oc[n+]2[O-]. The van der Waals surface area contributed by atoms with E-state index in [9.17, 15) is 10.3 Å². The first-order valence-corrected chi connectivity index (χ1v) is 3.48. The Morgan fingerprint density at radius 3 is 2.85 bits per heavy atom. The number of phenols is 1. The summed E-state index contributed by atoms with van der Waals surface area (Å²) < 4.78 is 5.27. The molecule has 13 heavy (non-hydrogen) atoms. The Bertz CT molecular complexity index is 477. The molecule has 0 saturated carbocycles. The van der Waals surface area contributed by atoms with Crippen LogP contribution in [-0.4, -0.2) is 5.11 Å². The largest absolute Gasteiger partial charge is 0.616 e. The number of nitrogens with zero attached hydrogens (tertiary/aromatic N) is 1. The van der Waals surface area contributed by atoms with Crippen molar-refractivity contribution in [3.8, 4) is 5.75 Å². The molecule has 0 amide bonds. The molecule has 0 spiro atoms. The number of hydrogen-bond donors (Lipinski definition) is 3. The minimum atomic E-state index is -0.226. The highest BCUT2D eigenvalue weighted by Crippen LogP contribution is 2.32. The van der Waals surface area contributed by atoms with Crippen LogP contribution < -0.4 is 16.2 Å². The van der Waals surface area contributed by atoms with Crippen molar-refractivity contribution in [1.82, 2.24) is 0 Å². The number of aromatic nitrogens is 1. The van der Waals surface area contributed by atoms with Crippen molar-refractivity contribution in [2.45, 2.75) is 0 Å². The Balaban J connectivity index is 3.00. The van der Waals surface area contributed by atoms with E-state index in [2.05, 4.69) is 0 Å². The number of phenolic OH excluding ortho intramolecular Hbond substituents is 1. The number of anilines is 2. The lowest BCUT2D eigenvalue weighted by molar-refractivity contribution is -0.582. The molecule has 1 aromatic heterocycles. The first-order chi connectivity index (χ1) is 6.11. The average Bonchev–Trinajstić information content (AvgIpc) is 2.44. The van der Waals surface area contributed by atoms with E-state index in [4.69, 9.17) is 15.9 Å². The standard InChI is InChI=1S/C7H7N3O3/c8-3-1-4(11)5(9)6-7(3)13-2-10(6)12/h1-2,11H,8-9H2. The average molecular weight is 181 g/mol. The summed E-state index contributed by atoms with van der Waals surface area (Å²) in [6, 6.07) is 1.24. The van der Waals surface area contributed by atoms with Crippen molar-refractivity contribution in [2.75, 3.05) is 11.5 Å². The number of fused-ring (bicyclic) bond motifs is 1. The van der Waals surface area contributed by atoms with Gasteiger partial charge in [0.05, 0.1) is 5.69 Å². The zero-order chi connectivity index (χ0) is 9.59. The minimum Gasteiger partial charge on any atom is -0.616 e. The van der Waals surface area contributed by atoms with Gasteiger partial charge >= 0.3 is 6.39 Å². The van der Waals surface area contributed by atoms with Gasteiger partial charge in [-0.1, -0.05) is 0 Å². The summed E-state index contributed by atoms with van der Waals surface area (Å²) in [7, 11) is 0. The van der Waals surface area contributed by atoms with Gasteiger partial charge in [-0.25, -0.2) is 0 Å². The zero-order valence-electron chi connectivity index (χ0n) is 6.52. The zero-order valence-corrected chi connectivity index (χ0v) is 6.52. The van der Waals surface area contributed by atoms with Crippen molar-refractivity contribution in [1.29, 1.82) is 0 Å². The smallest absolute Gasteiger partial charge is 0.347 e. The van der Waals surface area contributed by atoms with Crippen molar-refractivity contribution in [2.24, 2.45) is 0 Å². The second-order valence-electron chi connectivity index (χ2n) is 2.63. The van der Waals surface area contributed by atoms with E-state index in [1.165, 1.54) is 6.07 Å². The molecule has 0 aliphatic rings. The van der Waals surface area contributed by atoms with Crippen LogP contribution in [0, 0.1) is 5.21 Å². The van der Waals surface area contributed by atoms with Crippen molar-refractivity contribution < 1.29 is 14.3 Å². The molecule has 6 heteroatoms. The Labute approximate surface area is 72.6 Å². The van der Waals surface area contributed by atoms with Crippen LogP contribution in [0.3, 0.4) is 0 Å². The van der Waals surface area contributed by atoms with E-state index in [-0.39, 0.29) is 28.2 Å². The fraction of sp³-hybridized carbons (Fsp3) is 0. The molecule has 0 fully saturated rings. The number of hydrogen-bond acceptors (Lipinski definition) is 5. The van der Waals surface area contributed by atoms with Gasteiger partial charge < -0.3 is 26.2 Å². The topological polar surface area (TPSA) is 112 Å². The van der Waals surface area contributed by atoms with Gasteiger partial charge in [-0.3, -0.25) is 0 Å². The van der Waals surface area contributed by atoms with E-state index in [0.717, 1.165) is 6.39 Å². The molecule has 1 aromatic carbocycles. The highest BCUT2D eigenvalue weighted by Gasteiger charge is 2.18. The maximum absolute atomic E-state index is 11.1. The van der Waals surface area contributed by atoms with E-state index < -0.39 is 0 Å². The lowest BCUT2D eigenvalue weighted by atomic mass is 10.2. The lowest BCUT2D eigenvalue weighted by Gasteiger charge is -1.99. The summed E-state index contributed by atoms with van der Waals surface area (Å²) in [6.45, 7) is 0. The van der Waals surface area contributed by atoms with Gasteiger partial charge in [0.1, 0.15) is 5.75 Å². The maximum Gasteiger partial charge on any atom is 0.347 e. The van der Waals surface area contributed by atoms with Crippen LogP contribution in [0.15, 0.2) is 16.9 Å². The van der Waals surface area contributed by atoms with Gasteiger partial charge in [-0.15, -0.1) is 4.73 Å². The van der Waals surface area contributed by atoms with Crippen LogP contribution in [0.2, 0.25) is 0 Å². The first-order valence-electron chi connectivity index (χ1n) is 3.48. The predicted octanol–water partition coefficient (Wildman–Crippen LogP) is -0.0638. The third-order valence-electron chi connectivity index (χ3n) is 1.79. The van der Waals surface area contributed by atoms with Gasteiger partial charge in [-0.05, 0) is 0 Å². The van der Waals surface area contributed by atoms with E-state index >= 15 is 0 Å². The van der Waals surface area contributed by atoms with Crippen LogP contribution in [0.25, 0.3) is 11.1 Å². The van der Waals surface area contributed by atoms with Gasteiger partial charge in [-0.2, -0.15) is 0 Å². The van der Waals surface area contributed by atoms with E-state index in [1.807, 2.05) is 0 Å². The molecule has 2 rings (SSSR count). The summed E-state index contributed by atoms with van der Waals surface area (Å²) >= 11 is 0. The molecule has 0 unspecified atom stereocenters. The molecular weight excluding hydrogens is 174 g/mol. The molecule has 5 N–H and O–H groups in total. The van der Waals surface area contributed by atoms with Gasteiger partial charge in [0.2, 0.25) is 5.58 Å². The van der Waals surface area contributed by atoms with Crippen LogP contribution >= 0.6 is 0 Å². The monoisotopic (exact) mass is 181 g/mol. The molecule has 6 nitrogen and oxygen atoms in total. The molecular formula is C7H7N3O3. The Kier molecular flexibility index (Phi) is 1.27. The number of nitrogens with two attached hydrogens (primary N) is 2. The predicted molar refractivity (Wildman–Crippen MR) is 45.7 cm³/mol. The second-order valence-corrected chi connectivity index (χ2v) is 2.63. The van der Waals surface area contributed by atoms with Gasteiger partial charge in [0, 0.05) is 6.07 Å². The third-order valence-corrected chi connectivity index (χ3v) is 1.79. The highest BCUT2D eigenvalue weighted by molar-refractivity contribution is 5.94. The third kappa shape index (κ3) is 0.851. The Morgan fingerprint density at radius 1 is 1.46 bits per heavy atom. The summed E-state index contributed by atoms with van der Waals surface area (Å²) in [4.78, 5) is 0. The number of aromatic hydroxyl groups is 1. The van der Waals surface area contributed by atoms with Crippen LogP contribution in [-0.2, 0) is 0 Å². The van der Waals surface area contributed by atoms with Crippen LogP contribution in [0.5, 0.6) is 5.75 Å². The summed E-state index contributed by atoms with van der Waals surface area (Å²) in [5, 5.41) is 20.3. The van der Waals surface area contributed by atoms with Gasteiger partial charge in [0.25, 0.3) is 5.52 Å². The lowest BCUT2D eigenvalue weighted by Crippen LogP contribution is -2.23. The number of benzene rings is 1. The minimum absolute atomic E-state index is 0.0343. The second kappa shape index (κ2) is 2.19. The number of rotatable bonds is 0.